The van der Waals surface area contributed by atoms with Gasteiger partial charge in [-0.15, -0.1) is 0 Å². The van der Waals surface area contributed by atoms with Gasteiger partial charge in [-0.25, -0.2) is 0 Å². The molecule has 1 aromatic rings. The van der Waals surface area contributed by atoms with Gasteiger partial charge in [0.15, 0.2) is 0 Å². The van der Waals surface area contributed by atoms with Crippen LogP contribution in [0, 0.1) is 13.8 Å². The first kappa shape index (κ1) is 14.9. The van der Waals surface area contributed by atoms with Gasteiger partial charge in [0, 0.05) is 12.8 Å². The summed E-state index contributed by atoms with van der Waals surface area (Å²) in [6.07, 6.45) is 10.0. The molecule has 0 bridgehead atoms. The van der Waals surface area contributed by atoms with Crippen LogP contribution in [0.4, 0.5) is 0 Å². The minimum absolute atomic E-state index is 0.972. The van der Waals surface area contributed by atoms with Crippen molar-refractivity contribution < 1.29 is 0 Å². The van der Waals surface area contributed by atoms with Crippen molar-refractivity contribution in [1.82, 2.24) is 0 Å². The molecule has 18 heavy (non-hydrogen) atoms. The number of aliphatic imine (C=N–C) groups is 1. The summed E-state index contributed by atoms with van der Waals surface area (Å²) >= 11 is 0. The van der Waals surface area contributed by atoms with E-state index < -0.39 is 0 Å². The van der Waals surface area contributed by atoms with E-state index >= 15 is 0 Å². The molecule has 0 fully saturated rings. The van der Waals surface area contributed by atoms with E-state index in [0.29, 0.717) is 0 Å². The van der Waals surface area contributed by atoms with Crippen molar-refractivity contribution >= 4 is 6.21 Å². The molecule has 1 heteroatoms. The molecule has 0 heterocycles. The second-order valence-corrected chi connectivity index (χ2v) is 5.09. The maximum atomic E-state index is 4.54. The predicted octanol–water partition coefficient (Wildman–Crippen LogP) is 5.08. The Hall–Kier alpha value is -1.11. The Morgan fingerprint density at radius 1 is 1.00 bits per heavy atom. The fourth-order valence-corrected chi connectivity index (χ4v) is 2.06. The highest BCUT2D eigenvalue weighted by Gasteiger charge is 1.96. The van der Waals surface area contributed by atoms with Gasteiger partial charge < -0.3 is 0 Å². The third-order valence-corrected chi connectivity index (χ3v) is 3.52. The second kappa shape index (κ2) is 8.91. The molecule has 0 saturated carbocycles. The van der Waals surface area contributed by atoms with Gasteiger partial charge in [0.25, 0.3) is 0 Å². The van der Waals surface area contributed by atoms with E-state index in [1.165, 1.54) is 55.2 Å². The van der Waals surface area contributed by atoms with Crippen LogP contribution >= 0.6 is 0 Å². The van der Waals surface area contributed by atoms with Gasteiger partial charge in [-0.05, 0) is 37.0 Å². The Morgan fingerprint density at radius 3 is 2.50 bits per heavy atom. The smallest absolute Gasteiger partial charge is 0.0389 e. The zero-order chi connectivity index (χ0) is 13.2. The van der Waals surface area contributed by atoms with Crippen LogP contribution in [0.15, 0.2) is 23.2 Å². The van der Waals surface area contributed by atoms with Crippen LogP contribution in [0.1, 0.15) is 62.1 Å². The molecule has 0 aliphatic heterocycles. The van der Waals surface area contributed by atoms with Crippen molar-refractivity contribution in [3.63, 3.8) is 0 Å². The Morgan fingerprint density at radius 2 is 1.72 bits per heavy atom. The van der Waals surface area contributed by atoms with E-state index in [4.69, 9.17) is 0 Å². The van der Waals surface area contributed by atoms with Gasteiger partial charge in [-0.2, -0.15) is 0 Å². The maximum Gasteiger partial charge on any atom is 0.0389 e. The van der Waals surface area contributed by atoms with Crippen molar-refractivity contribution in [1.29, 1.82) is 0 Å². The summed E-state index contributed by atoms with van der Waals surface area (Å²) in [6.45, 7) is 7.55. The Labute approximate surface area is 112 Å². The Balaban J connectivity index is 2.22. The lowest BCUT2D eigenvalue weighted by Gasteiger charge is -2.03. The first-order chi connectivity index (χ1) is 8.75. The molecule has 1 rings (SSSR count). The molecule has 0 radical (unpaired) electrons. The van der Waals surface area contributed by atoms with E-state index in [1.807, 2.05) is 6.21 Å². The molecule has 0 spiro atoms. The van der Waals surface area contributed by atoms with Crippen LogP contribution in [0.3, 0.4) is 0 Å². The van der Waals surface area contributed by atoms with Crippen LogP contribution in [0.25, 0.3) is 0 Å². The fourth-order valence-electron chi connectivity index (χ4n) is 2.06. The van der Waals surface area contributed by atoms with Gasteiger partial charge >= 0.3 is 0 Å². The molecule has 100 valence electrons. The minimum atomic E-state index is 0.972. The van der Waals surface area contributed by atoms with Crippen molar-refractivity contribution in [3.8, 4) is 0 Å². The second-order valence-electron chi connectivity index (χ2n) is 5.09. The predicted molar refractivity (Wildman–Crippen MR) is 81.8 cm³/mol. The van der Waals surface area contributed by atoms with Crippen LogP contribution in [-0.4, -0.2) is 12.8 Å². The summed E-state index contributed by atoms with van der Waals surface area (Å²) in [4.78, 5) is 4.54. The van der Waals surface area contributed by atoms with E-state index in [9.17, 15) is 0 Å². The van der Waals surface area contributed by atoms with Crippen molar-refractivity contribution in [2.75, 3.05) is 6.54 Å². The van der Waals surface area contributed by atoms with E-state index in [2.05, 4.69) is 44.0 Å². The Bertz CT molecular complexity index is 366. The van der Waals surface area contributed by atoms with Gasteiger partial charge in [-0.3, -0.25) is 4.99 Å². The standard InChI is InChI=1S/C17H27N/c1-4-5-6-7-8-9-13-18-14-17-12-10-11-15(2)16(17)3/h10-12,14H,4-9,13H2,1-3H3. The SMILES string of the molecule is CCCCCCCCN=Cc1cccc(C)c1C. The largest absolute Gasteiger partial charge is 0.293 e. The number of unbranched alkanes of at least 4 members (excludes halogenated alkanes) is 5. The normalized spacial score (nSPS) is 11.3. The number of rotatable bonds is 8. The molecule has 0 atom stereocenters. The highest BCUT2D eigenvalue weighted by molar-refractivity contribution is 5.82. The molecule has 0 aliphatic carbocycles. The molecule has 0 unspecified atom stereocenters. The number of hydrogen-bond donors (Lipinski definition) is 0. The number of benzene rings is 1. The summed E-state index contributed by atoms with van der Waals surface area (Å²) in [6, 6.07) is 6.40. The van der Waals surface area contributed by atoms with Crippen LogP contribution < -0.4 is 0 Å². The highest BCUT2D eigenvalue weighted by Crippen LogP contribution is 2.10. The van der Waals surface area contributed by atoms with Gasteiger partial charge in [0.1, 0.15) is 0 Å². The van der Waals surface area contributed by atoms with E-state index in [0.717, 1.165) is 6.54 Å². The summed E-state index contributed by atoms with van der Waals surface area (Å²) < 4.78 is 0. The first-order valence-electron chi connectivity index (χ1n) is 7.31. The molecule has 0 N–H and O–H groups in total. The van der Waals surface area contributed by atoms with E-state index in [1.54, 1.807) is 0 Å². The van der Waals surface area contributed by atoms with Crippen LogP contribution in [0.2, 0.25) is 0 Å². The lowest BCUT2D eigenvalue weighted by molar-refractivity contribution is 0.612. The molecule has 0 saturated heterocycles. The molecule has 0 amide bonds. The van der Waals surface area contributed by atoms with Crippen LogP contribution in [-0.2, 0) is 0 Å². The average Bonchev–Trinajstić information content (AvgIpc) is 2.37. The van der Waals surface area contributed by atoms with Gasteiger partial charge in [0.05, 0.1) is 0 Å². The van der Waals surface area contributed by atoms with Crippen LogP contribution in [0.5, 0.6) is 0 Å². The zero-order valence-corrected chi connectivity index (χ0v) is 12.2. The summed E-state index contributed by atoms with van der Waals surface area (Å²) in [7, 11) is 0. The summed E-state index contributed by atoms with van der Waals surface area (Å²) in [5, 5.41) is 0. The fraction of sp³-hybridized carbons (Fsp3) is 0.588. The Kier molecular flexibility index (Phi) is 7.40. The minimum Gasteiger partial charge on any atom is -0.293 e. The number of hydrogen-bond acceptors (Lipinski definition) is 1. The first-order valence-corrected chi connectivity index (χ1v) is 7.31. The molecule has 1 aromatic carbocycles. The molecule has 1 nitrogen and oxygen atoms in total. The average molecular weight is 245 g/mol. The lowest BCUT2D eigenvalue weighted by atomic mass is 10.0. The van der Waals surface area contributed by atoms with Crippen molar-refractivity contribution in [3.05, 3.63) is 34.9 Å². The maximum absolute atomic E-state index is 4.54. The molecular formula is C17H27N. The summed E-state index contributed by atoms with van der Waals surface area (Å²) in [5.41, 5.74) is 3.96. The quantitative estimate of drug-likeness (QED) is 0.447. The topological polar surface area (TPSA) is 12.4 Å². The zero-order valence-electron chi connectivity index (χ0n) is 12.2. The lowest BCUT2D eigenvalue weighted by Crippen LogP contribution is -1.91. The number of nitrogens with zero attached hydrogens (tertiary/aromatic N) is 1. The summed E-state index contributed by atoms with van der Waals surface area (Å²) in [5.74, 6) is 0. The van der Waals surface area contributed by atoms with Gasteiger partial charge in [-0.1, -0.05) is 57.2 Å². The third-order valence-electron chi connectivity index (χ3n) is 3.52. The molecule has 0 aliphatic rings. The van der Waals surface area contributed by atoms with Gasteiger partial charge in [0.2, 0.25) is 0 Å². The number of aryl methyl sites for hydroxylation is 1. The van der Waals surface area contributed by atoms with Crippen molar-refractivity contribution in [2.45, 2.75) is 59.3 Å². The van der Waals surface area contributed by atoms with Crippen molar-refractivity contribution in [2.24, 2.45) is 4.99 Å². The van der Waals surface area contributed by atoms with E-state index in [-0.39, 0.29) is 0 Å². The highest BCUT2D eigenvalue weighted by atomic mass is 14.7. The third kappa shape index (κ3) is 5.48. The molecular weight excluding hydrogens is 218 g/mol. The molecule has 0 aromatic heterocycles. The monoisotopic (exact) mass is 245 g/mol.